The second-order valence-corrected chi connectivity index (χ2v) is 22.9. The highest BCUT2D eigenvalue weighted by molar-refractivity contribution is 7.85. The van der Waals surface area contributed by atoms with E-state index < -0.39 is 88.0 Å². The number of benzene rings is 4. The van der Waals surface area contributed by atoms with Crippen LogP contribution in [0.1, 0.15) is 145 Å². The zero-order valence-electron chi connectivity index (χ0n) is 50.1. The van der Waals surface area contributed by atoms with Gasteiger partial charge in [0.15, 0.2) is 0 Å². The van der Waals surface area contributed by atoms with Crippen LogP contribution in [-0.2, 0) is 55.8 Å². The van der Waals surface area contributed by atoms with Crippen LogP contribution in [0, 0.1) is 18.8 Å². The molecule has 6 N–H and O–H groups in total. The predicted octanol–water partition coefficient (Wildman–Crippen LogP) is 8.67. The lowest BCUT2D eigenvalue weighted by Crippen LogP contribution is -2.57. The van der Waals surface area contributed by atoms with Gasteiger partial charge in [0.2, 0.25) is 29.5 Å². The van der Waals surface area contributed by atoms with Gasteiger partial charge in [0.25, 0.3) is 16.0 Å². The fraction of sp³-hybridized carbons (Fsp3) is 0.484. The minimum Gasteiger partial charge on any atom is -0.493 e. The van der Waals surface area contributed by atoms with Gasteiger partial charge in [-0.1, -0.05) is 122 Å². The molecule has 1 fully saturated rings. The first-order chi connectivity index (χ1) is 39.5. The summed E-state index contributed by atoms with van der Waals surface area (Å²) in [6.45, 7) is 21.3. The Kier molecular flexibility index (Phi) is 29.6. The standard InChI is InChI=1S/C48H64N6O13S.C9H8S.C3H8.C2H6/c1-8-67-39-21-20-32-13-9-10-14-35(32)42(39)48(62)52-37(24-31-18-19-33(27-68(63,64)65)34(23-31)26-55)45(59)49-25-40(56)54-22-12-16-38(54)47(61)50-30(6)44(58)51-36(15-11-17-41(57)66-7)46(60)53-43(28(2)3)29(4)5;1-7-6-10-9-5-3-2-4-8(7)9;1-3-2;1-2/h9-10,13-14,18-21,23,26,28-30,36-38,43H,8,11-12,15-17,22,24-25,27H2,1-7H3,(H,49,59)(H,50,61)(H,51,58)(H,52,62)(H,53,60)(H,63,64,65);2-6H,1H3;3H2,1-2H3;1-2H3. The van der Waals surface area contributed by atoms with Crippen molar-refractivity contribution in [2.75, 3.05) is 26.8 Å². The molecule has 1 saturated heterocycles. The SMILES string of the molecule is CC.CCC.CCOc1ccc2ccccc2c1C(=O)NC(Cc1ccc(CS(=O)(=O)O)c(C=O)c1)C(=O)NCC(=O)N1CCCC1C(=O)NC(C)C(=O)NC(CCCC(=O)OC)C(=O)NC(C(C)C)C(C)C.Cc1csc2ccccc12. The molecule has 0 bridgehead atoms. The smallest absolute Gasteiger partial charge is 0.305 e. The zero-order chi connectivity index (χ0) is 62.0. The van der Waals surface area contributed by atoms with Gasteiger partial charge in [0.1, 0.15) is 42.0 Å². The number of rotatable bonds is 24. The van der Waals surface area contributed by atoms with E-state index >= 15 is 0 Å². The first-order valence-electron chi connectivity index (χ1n) is 28.4. The highest BCUT2D eigenvalue weighted by atomic mass is 32.2. The summed E-state index contributed by atoms with van der Waals surface area (Å²) >= 11 is 1.81. The van der Waals surface area contributed by atoms with E-state index in [1.54, 1.807) is 43.3 Å². The monoisotopic (exact) mass is 1190 g/mol. The van der Waals surface area contributed by atoms with Gasteiger partial charge in [0.05, 0.1) is 25.8 Å². The van der Waals surface area contributed by atoms with Gasteiger partial charge in [-0.05, 0) is 115 Å². The van der Waals surface area contributed by atoms with E-state index in [-0.39, 0.29) is 85.6 Å². The molecule has 454 valence electrons. The molecule has 1 aromatic heterocycles. The largest absolute Gasteiger partial charge is 0.493 e. The third kappa shape index (κ3) is 21.8. The first kappa shape index (κ1) is 70.0. The molecular weight excluding hydrogens is 1100 g/mol. The van der Waals surface area contributed by atoms with E-state index in [4.69, 9.17) is 9.47 Å². The van der Waals surface area contributed by atoms with Gasteiger partial charge in [0, 0.05) is 35.7 Å². The number of amides is 6. The summed E-state index contributed by atoms with van der Waals surface area (Å²) < 4.78 is 44.5. The molecule has 1 aliphatic heterocycles. The Labute approximate surface area is 493 Å². The van der Waals surface area contributed by atoms with E-state index in [9.17, 15) is 51.3 Å². The van der Waals surface area contributed by atoms with Crippen molar-refractivity contribution in [3.63, 3.8) is 0 Å². The number of esters is 1. The molecule has 21 heteroatoms. The van der Waals surface area contributed by atoms with Crippen molar-refractivity contribution in [1.82, 2.24) is 31.5 Å². The minimum atomic E-state index is -4.49. The highest BCUT2D eigenvalue weighted by Crippen LogP contribution is 2.29. The fourth-order valence-corrected chi connectivity index (χ4v) is 10.9. The molecular formula is C62H86N6O13S2. The average molecular weight is 1190 g/mol. The van der Waals surface area contributed by atoms with E-state index in [1.807, 2.05) is 52.9 Å². The van der Waals surface area contributed by atoms with Gasteiger partial charge in [-0.25, -0.2) is 0 Å². The normalized spacial score (nSPS) is 13.9. The number of ether oxygens (including phenoxy) is 2. The summed E-state index contributed by atoms with van der Waals surface area (Å²) in [7, 11) is -3.24. The zero-order valence-corrected chi connectivity index (χ0v) is 51.7. The summed E-state index contributed by atoms with van der Waals surface area (Å²) in [5, 5.41) is 18.5. The molecule has 83 heavy (non-hydrogen) atoms. The van der Waals surface area contributed by atoms with E-state index in [0.717, 1.165) is 5.39 Å². The van der Waals surface area contributed by atoms with Gasteiger partial charge in [-0.2, -0.15) is 8.42 Å². The number of fused-ring (bicyclic) bond motifs is 2. The Balaban J connectivity index is 0.00000105. The molecule has 0 spiro atoms. The molecule has 0 saturated carbocycles. The van der Waals surface area contributed by atoms with Crippen LogP contribution in [-0.4, -0.2) is 123 Å². The Morgan fingerprint density at radius 2 is 1.46 bits per heavy atom. The van der Waals surface area contributed by atoms with Crippen LogP contribution >= 0.6 is 11.3 Å². The van der Waals surface area contributed by atoms with Crippen molar-refractivity contribution in [3.8, 4) is 5.75 Å². The van der Waals surface area contributed by atoms with Crippen molar-refractivity contribution in [2.24, 2.45) is 11.8 Å². The number of likely N-dealkylation sites (tertiary alicyclic amines) is 1. The number of thiophene rings is 1. The third-order valence-electron chi connectivity index (χ3n) is 13.4. The Bertz CT molecular complexity index is 3080. The van der Waals surface area contributed by atoms with Gasteiger partial charge in [-0.15, -0.1) is 11.3 Å². The van der Waals surface area contributed by atoms with Crippen LogP contribution in [0.15, 0.2) is 84.2 Å². The van der Waals surface area contributed by atoms with Crippen LogP contribution in [0.5, 0.6) is 5.75 Å². The van der Waals surface area contributed by atoms with Crippen molar-refractivity contribution in [2.45, 2.75) is 157 Å². The molecule has 0 radical (unpaired) electrons. The van der Waals surface area contributed by atoms with Crippen LogP contribution in [0.25, 0.3) is 20.9 Å². The first-order valence-corrected chi connectivity index (χ1v) is 30.9. The lowest BCUT2D eigenvalue weighted by atomic mass is 9.92. The fourth-order valence-electron chi connectivity index (χ4n) is 9.34. The van der Waals surface area contributed by atoms with E-state index in [2.05, 4.69) is 77.0 Å². The number of nitrogens with one attached hydrogen (secondary N) is 5. The maximum Gasteiger partial charge on any atom is 0.305 e. The molecule has 6 rings (SSSR count). The quantitative estimate of drug-likeness (QED) is 0.0192. The lowest BCUT2D eigenvalue weighted by Gasteiger charge is -2.29. The third-order valence-corrected chi connectivity index (χ3v) is 15.1. The van der Waals surface area contributed by atoms with Crippen LogP contribution < -0.4 is 31.3 Å². The molecule has 19 nitrogen and oxygen atoms in total. The van der Waals surface area contributed by atoms with Crippen LogP contribution in [0.2, 0.25) is 0 Å². The molecule has 1 aliphatic rings. The summed E-state index contributed by atoms with van der Waals surface area (Å²) in [5.74, 6) is -4.71. The predicted molar refractivity (Wildman–Crippen MR) is 326 cm³/mol. The minimum absolute atomic E-state index is 0.0131. The average Bonchev–Trinajstić information content (AvgIpc) is 4.30. The van der Waals surface area contributed by atoms with Crippen LogP contribution in [0.3, 0.4) is 0 Å². The lowest BCUT2D eigenvalue weighted by molar-refractivity contribution is -0.141. The van der Waals surface area contributed by atoms with Gasteiger partial charge in [-0.3, -0.25) is 42.9 Å². The number of hydrogen-bond donors (Lipinski definition) is 6. The summed E-state index contributed by atoms with van der Waals surface area (Å²) in [6.07, 6.45) is 2.51. The van der Waals surface area contributed by atoms with Crippen molar-refractivity contribution >= 4 is 90.0 Å². The molecule has 5 aromatic rings. The number of nitrogens with zero attached hydrogens (tertiary/aromatic N) is 1. The van der Waals surface area contributed by atoms with Gasteiger partial charge >= 0.3 is 5.97 Å². The second-order valence-electron chi connectivity index (χ2n) is 20.6. The molecule has 4 unspecified atom stereocenters. The number of carbonyl (C=O) groups is 8. The van der Waals surface area contributed by atoms with Gasteiger partial charge < -0.3 is 41.0 Å². The van der Waals surface area contributed by atoms with Crippen LogP contribution in [0.4, 0.5) is 0 Å². The highest BCUT2D eigenvalue weighted by Gasteiger charge is 2.37. The molecule has 4 atom stereocenters. The summed E-state index contributed by atoms with van der Waals surface area (Å²) in [4.78, 5) is 108. The maximum atomic E-state index is 14.2. The number of methoxy groups -OCH3 is 1. The maximum absolute atomic E-state index is 14.2. The topological polar surface area (TPSA) is 273 Å². The molecule has 4 aromatic carbocycles. The number of aryl methyl sites for hydroxylation is 1. The van der Waals surface area contributed by atoms with Crippen molar-refractivity contribution in [3.05, 3.63) is 112 Å². The second kappa shape index (κ2) is 35.0. The van der Waals surface area contributed by atoms with Crippen molar-refractivity contribution in [1.29, 1.82) is 0 Å². The Hall–Kier alpha value is -7.23. The molecule has 0 aliphatic carbocycles. The number of aldehydes is 1. The molecule has 2 heterocycles. The summed E-state index contributed by atoms with van der Waals surface area (Å²) in [5.41, 5.74) is 1.81. The van der Waals surface area contributed by atoms with E-state index in [1.165, 1.54) is 59.2 Å². The summed E-state index contributed by atoms with van der Waals surface area (Å²) in [6, 6.07) is 18.3. The Morgan fingerprint density at radius 1 is 0.807 bits per heavy atom. The Morgan fingerprint density at radius 3 is 2.07 bits per heavy atom. The van der Waals surface area contributed by atoms with Crippen molar-refractivity contribution < 1.29 is 60.8 Å². The number of carbonyl (C=O) groups excluding carboxylic acids is 8. The van der Waals surface area contributed by atoms with E-state index in [0.29, 0.717) is 23.7 Å². The number of hydrogen-bond acceptors (Lipinski definition) is 13. The molecule has 6 amide bonds.